The van der Waals surface area contributed by atoms with Gasteiger partial charge in [0, 0.05) is 43.6 Å². The molecule has 4 rings (SSSR count). The van der Waals surface area contributed by atoms with E-state index in [1.54, 1.807) is 40.3 Å². The normalized spacial score (nSPS) is 14.0. The number of carbonyl (C=O) groups excluding carboxylic acids is 2. The number of para-hydroxylation sites is 1. The van der Waals surface area contributed by atoms with Gasteiger partial charge >= 0.3 is 0 Å². The number of furan rings is 1. The molecule has 1 aliphatic heterocycles. The minimum Gasteiger partial charge on any atom is -0.459 e. The summed E-state index contributed by atoms with van der Waals surface area (Å²) in [4.78, 5) is 32.9. The first-order valence-electron chi connectivity index (χ1n) is 9.11. The van der Waals surface area contributed by atoms with Gasteiger partial charge in [-0.15, -0.1) is 0 Å². The third kappa shape index (κ3) is 3.88. The summed E-state index contributed by atoms with van der Waals surface area (Å²) < 4.78 is 5.17. The highest BCUT2D eigenvalue weighted by Crippen LogP contribution is 2.17. The maximum atomic E-state index is 12.9. The highest BCUT2D eigenvalue weighted by Gasteiger charge is 2.26. The lowest BCUT2D eigenvalue weighted by atomic mass is 10.2. The number of carbonyl (C=O) groups is 2. The van der Waals surface area contributed by atoms with E-state index in [0.717, 1.165) is 5.69 Å². The van der Waals surface area contributed by atoms with Crippen LogP contribution in [-0.4, -0.2) is 52.8 Å². The Morgan fingerprint density at radius 1 is 0.893 bits per heavy atom. The Labute approximate surface area is 162 Å². The number of pyridine rings is 1. The maximum Gasteiger partial charge on any atom is 0.289 e. The van der Waals surface area contributed by atoms with Crippen LogP contribution in [0.25, 0.3) is 0 Å². The molecule has 1 fully saturated rings. The van der Waals surface area contributed by atoms with Gasteiger partial charge in [0.25, 0.3) is 11.8 Å². The SMILES string of the molecule is O=C(c1ccnc(Nc2ccccc2)c1)N1CCN(C(=O)c2ccco2)CC1. The first-order valence-corrected chi connectivity index (χ1v) is 9.11. The summed E-state index contributed by atoms with van der Waals surface area (Å²) in [6.07, 6.45) is 3.10. The second kappa shape index (κ2) is 7.96. The zero-order valence-corrected chi connectivity index (χ0v) is 15.2. The van der Waals surface area contributed by atoms with E-state index >= 15 is 0 Å². The summed E-state index contributed by atoms with van der Waals surface area (Å²) >= 11 is 0. The van der Waals surface area contributed by atoms with Gasteiger partial charge in [0.15, 0.2) is 5.76 Å². The summed E-state index contributed by atoms with van der Waals surface area (Å²) in [6.45, 7) is 1.92. The molecule has 28 heavy (non-hydrogen) atoms. The van der Waals surface area contributed by atoms with Gasteiger partial charge in [0.05, 0.1) is 6.26 Å². The summed E-state index contributed by atoms with van der Waals surface area (Å²) in [5, 5.41) is 3.19. The molecule has 0 radical (unpaired) electrons. The number of piperazine rings is 1. The average Bonchev–Trinajstić information content (AvgIpc) is 3.29. The van der Waals surface area contributed by atoms with E-state index in [4.69, 9.17) is 4.42 Å². The van der Waals surface area contributed by atoms with Crippen molar-refractivity contribution < 1.29 is 14.0 Å². The van der Waals surface area contributed by atoms with Crippen LogP contribution in [0, 0.1) is 0 Å². The van der Waals surface area contributed by atoms with E-state index in [0.29, 0.717) is 43.3 Å². The van der Waals surface area contributed by atoms with Crippen molar-refractivity contribution in [1.82, 2.24) is 14.8 Å². The van der Waals surface area contributed by atoms with Crippen LogP contribution in [0.3, 0.4) is 0 Å². The van der Waals surface area contributed by atoms with Crippen molar-refractivity contribution in [1.29, 1.82) is 0 Å². The Morgan fingerprint density at radius 2 is 1.61 bits per heavy atom. The molecule has 7 heteroatoms. The number of nitrogens with zero attached hydrogens (tertiary/aromatic N) is 3. The number of amides is 2. The molecule has 0 aliphatic carbocycles. The van der Waals surface area contributed by atoms with Crippen molar-refractivity contribution in [3.05, 3.63) is 78.4 Å². The number of aromatic nitrogens is 1. The summed E-state index contributed by atoms with van der Waals surface area (Å²) in [5.74, 6) is 0.730. The fraction of sp³-hybridized carbons (Fsp3) is 0.190. The molecule has 142 valence electrons. The zero-order valence-electron chi connectivity index (χ0n) is 15.2. The molecule has 1 N–H and O–H groups in total. The molecule has 0 bridgehead atoms. The highest BCUT2D eigenvalue weighted by molar-refractivity contribution is 5.95. The monoisotopic (exact) mass is 376 g/mol. The van der Waals surface area contributed by atoms with Crippen molar-refractivity contribution in [2.75, 3.05) is 31.5 Å². The third-order valence-electron chi connectivity index (χ3n) is 4.64. The number of benzene rings is 1. The van der Waals surface area contributed by atoms with E-state index in [-0.39, 0.29) is 11.8 Å². The molecule has 1 saturated heterocycles. The predicted octanol–water partition coefficient (Wildman–Crippen LogP) is 3.02. The molecule has 0 spiro atoms. The number of hydrogen-bond acceptors (Lipinski definition) is 5. The fourth-order valence-electron chi connectivity index (χ4n) is 3.15. The first kappa shape index (κ1) is 17.8. The molecule has 7 nitrogen and oxygen atoms in total. The van der Waals surface area contributed by atoms with Gasteiger partial charge in [-0.25, -0.2) is 4.98 Å². The van der Waals surface area contributed by atoms with E-state index in [1.807, 2.05) is 30.3 Å². The second-order valence-electron chi connectivity index (χ2n) is 6.48. The topological polar surface area (TPSA) is 78.7 Å². The Kier molecular flexibility index (Phi) is 5.05. The van der Waals surface area contributed by atoms with E-state index in [2.05, 4.69) is 10.3 Å². The number of anilines is 2. The van der Waals surface area contributed by atoms with Crippen LogP contribution in [0.15, 0.2) is 71.5 Å². The van der Waals surface area contributed by atoms with Crippen molar-refractivity contribution >= 4 is 23.3 Å². The van der Waals surface area contributed by atoms with Crippen LogP contribution >= 0.6 is 0 Å². The average molecular weight is 376 g/mol. The molecule has 1 aromatic carbocycles. The van der Waals surface area contributed by atoms with Crippen LogP contribution in [0.2, 0.25) is 0 Å². The van der Waals surface area contributed by atoms with E-state index in [1.165, 1.54) is 6.26 Å². The van der Waals surface area contributed by atoms with Crippen LogP contribution < -0.4 is 5.32 Å². The summed E-state index contributed by atoms with van der Waals surface area (Å²) in [5.41, 5.74) is 1.48. The number of rotatable bonds is 4. The van der Waals surface area contributed by atoms with Crippen LogP contribution in [0.5, 0.6) is 0 Å². The Morgan fingerprint density at radius 3 is 2.29 bits per heavy atom. The molecule has 0 unspecified atom stereocenters. The highest BCUT2D eigenvalue weighted by atomic mass is 16.3. The molecule has 3 heterocycles. The van der Waals surface area contributed by atoms with Gasteiger partial charge in [0.1, 0.15) is 5.82 Å². The number of hydrogen-bond donors (Lipinski definition) is 1. The summed E-state index contributed by atoms with van der Waals surface area (Å²) in [6, 6.07) is 16.5. The third-order valence-corrected chi connectivity index (χ3v) is 4.64. The maximum absolute atomic E-state index is 12.9. The van der Waals surface area contributed by atoms with Gasteiger partial charge in [-0.05, 0) is 36.4 Å². The number of nitrogens with one attached hydrogen (secondary N) is 1. The lowest BCUT2D eigenvalue weighted by molar-refractivity contribution is 0.0518. The molecular weight excluding hydrogens is 356 g/mol. The van der Waals surface area contributed by atoms with Gasteiger partial charge < -0.3 is 19.5 Å². The lowest BCUT2D eigenvalue weighted by Crippen LogP contribution is -2.50. The second-order valence-corrected chi connectivity index (χ2v) is 6.48. The largest absolute Gasteiger partial charge is 0.459 e. The van der Waals surface area contributed by atoms with Gasteiger partial charge in [-0.3, -0.25) is 9.59 Å². The lowest BCUT2D eigenvalue weighted by Gasteiger charge is -2.34. The van der Waals surface area contributed by atoms with Gasteiger partial charge in [-0.1, -0.05) is 18.2 Å². The van der Waals surface area contributed by atoms with Crippen LogP contribution in [0.1, 0.15) is 20.9 Å². The van der Waals surface area contributed by atoms with Crippen molar-refractivity contribution in [3.63, 3.8) is 0 Å². The van der Waals surface area contributed by atoms with Gasteiger partial charge in [-0.2, -0.15) is 0 Å². The fourth-order valence-corrected chi connectivity index (χ4v) is 3.15. The van der Waals surface area contributed by atoms with E-state index in [9.17, 15) is 9.59 Å². The molecule has 0 atom stereocenters. The van der Waals surface area contributed by atoms with Crippen molar-refractivity contribution in [2.45, 2.75) is 0 Å². The standard InChI is InChI=1S/C21H20N4O3/c26-20(16-8-9-22-19(15-16)23-17-5-2-1-3-6-17)24-10-12-25(13-11-24)21(27)18-7-4-14-28-18/h1-9,14-15H,10-13H2,(H,22,23). The Hall–Kier alpha value is -3.61. The first-order chi connectivity index (χ1) is 13.7. The Bertz CT molecular complexity index is 949. The zero-order chi connectivity index (χ0) is 19.3. The van der Waals surface area contributed by atoms with Crippen molar-refractivity contribution in [3.8, 4) is 0 Å². The molecule has 1 aliphatic rings. The van der Waals surface area contributed by atoms with E-state index < -0.39 is 0 Å². The quantitative estimate of drug-likeness (QED) is 0.757. The molecule has 3 aromatic rings. The van der Waals surface area contributed by atoms with Crippen LogP contribution in [-0.2, 0) is 0 Å². The minimum absolute atomic E-state index is 0.0661. The molecule has 0 saturated carbocycles. The van der Waals surface area contributed by atoms with Crippen LogP contribution in [0.4, 0.5) is 11.5 Å². The summed E-state index contributed by atoms with van der Waals surface area (Å²) in [7, 11) is 0. The molecule has 2 amide bonds. The van der Waals surface area contributed by atoms with Crippen molar-refractivity contribution in [2.24, 2.45) is 0 Å². The smallest absolute Gasteiger partial charge is 0.289 e. The molecule has 2 aromatic heterocycles. The van der Waals surface area contributed by atoms with Gasteiger partial charge in [0.2, 0.25) is 0 Å². The minimum atomic E-state index is -0.143. The predicted molar refractivity (Wildman–Crippen MR) is 104 cm³/mol. The molecular formula is C21H20N4O3. The Balaban J connectivity index is 1.39.